The molecule has 82 valence electrons. The Kier molecular flexibility index (Phi) is 5.22. The number of carbonyl (C=O) groups is 1. The second-order valence-electron chi connectivity index (χ2n) is 3.21. The van der Waals surface area contributed by atoms with Crippen LogP contribution in [0.25, 0.3) is 0 Å². The van der Waals surface area contributed by atoms with Crippen LogP contribution in [0.15, 0.2) is 24.5 Å². The highest BCUT2D eigenvalue weighted by molar-refractivity contribution is 5.70. The third-order valence-electron chi connectivity index (χ3n) is 1.89. The Balaban J connectivity index is 2.19. The summed E-state index contributed by atoms with van der Waals surface area (Å²) in [4.78, 5) is 15.1. The fourth-order valence-corrected chi connectivity index (χ4v) is 1.12. The van der Waals surface area contributed by atoms with Crippen molar-refractivity contribution >= 4 is 6.09 Å². The number of carbonyl (C=O) groups excluding carboxylic acids is 1. The van der Waals surface area contributed by atoms with Crippen molar-refractivity contribution < 1.29 is 9.53 Å². The Morgan fingerprint density at radius 1 is 1.53 bits per heavy atom. The number of rotatable bonds is 5. The fraction of sp³-hybridized carbons (Fsp3) is 0.455. The number of amides is 1. The Morgan fingerprint density at radius 2 is 2.40 bits per heavy atom. The lowest BCUT2D eigenvalue weighted by Gasteiger charge is -2.05. The smallest absolute Gasteiger partial charge is 0.409 e. The average Bonchev–Trinajstić information content (AvgIpc) is 2.26. The molecule has 0 aliphatic carbocycles. The van der Waals surface area contributed by atoms with Gasteiger partial charge in [0.1, 0.15) is 0 Å². The first-order chi connectivity index (χ1) is 7.33. The molecule has 0 bridgehead atoms. The molecule has 0 saturated heterocycles. The van der Waals surface area contributed by atoms with Gasteiger partial charge < -0.3 is 10.1 Å². The highest BCUT2D eigenvalue weighted by atomic mass is 16.6. The van der Waals surface area contributed by atoms with E-state index in [1.807, 2.05) is 0 Å². The fourth-order valence-electron chi connectivity index (χ4n) is 1.12. The van der Waals surface area contributed by atoms with Crippen LogP contribution in [0.3, 0.4) is 0 Å². The van der Waals surface area contributed by atoms with Gasteiger partial charge in [0.15, 0.2) is 5.75 Å². The molecule has 1 N–H and O–H groups in total. The van der Waals surface area contributed by atoms with Gasteiger partial charge in [-0.05, 0) is 18.6 Å². The van der Waals surface area contributed by atoms with Crippen LogP contribution in [0.1, 0.15) is 26.2 Å². The zero-order valence-corrected chi connectivity index (χ0v) is 8.90. The first kappa shape index (κ1) is 11.5. The first-order valence-corrected chi connectivity index (χ1v) is 5.18. The molecule has 1 aromatic heterocycles. The summed E-state index contributed by atoms with van der Waals surface area (Å²) in [6.07, 6.45) is 5.96. The summed E-state index contributed by atoms with van der Waals surface area (Å²) >= 11 is 0. The number of hydrogen-bond donors (Lipinski definition) is 1. The maximum absolute atomic E-state index is 11.2. The molecule has 4 heteroatoms. The van der Waals surface area contributed by atoms with Crippen LogP contribution in [0, 0.1) is 0 Å². The van der Waals surface area contributed by atoms with Crippen molar-refractivity contribution in [3.8, 4) is 5.75 Å². The van der Waals surface area contributed by atoms with Gasteiger partial charge in [-0.25, -0.2) is 4.79 Å². The van der Waals surface area contributed by atoms with Gasteiger partial charge in [0.05, 0.1) is 6.20 Å². The van der Waals surface area contributed by atoms with Gasteiger partial charge in [-0.1, -0.05) is 19.8 Å². The summed E-state index contributed by atoms with van der Waals surface area (Å²) < 4.78 is 4.98. The Labute approximate surface area is 89.7 Å². The van der Waals surface area contributed by atoms with Crippen LogP contribution in [0.5, 0.6) is 5.75 Å². The summed E-state index contributed by atoms with van der Waals surface area (Å²) in [7, 11) is 0. The number of ether oxygens (including phenoxy) is 1. The van der Waals surface area contributed by atoms with E-state index in [1.165, 1.54) is 6.20 Å². The molecule has 1 amide bonds. The molecular formula is C11H16N2O2. The lowest BCUT2D eigenvalue weighted by atomic mass is 10.2. The lowest BCUT2D eigenvalue weighted by Crippen LogP contribution is -2.27. The molecule has 0 spiro atoms. The van der Waals surface area contributed by atoms with Gasteiger partial charge in [-0.2, -0.15) is 0 Å². The van der Waals surface area contributed by atoms with Crippen molar-refractivity contribution in [2.45, 2.75) is 26.2 Å². The van der Waals surface area contributed by atoms with E-state index >= 15 is 0 Å². The summed E-state index contributed by atoms with van der Waals surface area (Å²) in [6, 6.07) is 3.41. The van der Waals surface area contributed by atoms with Crippen LogP contribution in [-0.2, 0) is 0 Å². The van der Waals surface area contributed by atoms with Gasteiger partial charge in [-0.15, -0.1) is 0 Å². The van der Waals surface area contributed by atoms with Crippen molar-refractivity contribution in [2.75, 3.05) is 6.54 Å². The summed E-state index contributed by atoms with van der Waals surface area (Å²) in [5.74, 6) is 0.463. The SMILES string of the molecule is CCCCCNC(=O)Oc1cccnc1. The molecule has 1 aromatic rings. The van der Waals surface area contributed by atoms with E-state index in [-0.39, 0.29) is 0 Å². The van der Waals surface area contributed by atoms with Gasteiger partial charge in [0.2, 0.25) is 0 Å². The van der Waals surface area contributed by atoms with E-state index in [0.29, 0.717) is 12.3 Å². The van der Waals surface area contributed by atoms with Crippen LogP contribution in [-0.4, -0.2) is 17.6 Å². The van der Waals surface area contributed by atoms with Crippen molar-refractivity contribution in [3.63, 3.8) is 0 Å². The number of hydrogen-bond acceptors (Lipinski definition) is 3. The van der Waals surface area contributed by atoms with Crippen LogP contribution in [0.2, 0.25) is 0 Å². The molecule has 0 saturated carbocycles. The third kappa shape index (κ3) is 5.00. The molecule has 0 unspecified atom stereocenters. The van der Waals surface area contributed by atoms with E-state index in [1.54, 1.807) is 18.3 Å². The zero-order chi connectivity index (χ0) is 10.9. The molecule has 0 aromatic carbocycles. The standard InChI is InChI=1S/C11H16N2O2/c1-2-3-4-8-13-11(14)15-10-6-5-7-12-9-10/h5-7,9H,2-4,8H2,1H3,(H,13,14). The predicted octanol–water partition coefficient (Wildman–Crippen LogP) is 2.36. The van der Waals surface area contributed by atoms with E-state index in [2.05, 4.69) is 17.2 Å². The third-order valence-corrected chi connectivity index (χ3v) is 1.89. The Morgan fingerprint density at radius 3 is 3.07 bits per heavy atom. The quantitative estimate of drug-likeness (QED) is 0.756. The molecule has 0 radical (unpaired) electrons. The van der Waals surface area contributed by atoms with Gasteiger partial charge in [0, 0.05) is 12.7 Å². The Hall–Kier alpha value is -1.58. The van der Waals surface area contributed by atoms with E-state index in [0.717, 1.165) is 19.3 Å². The number of aromatic nitrogens is 1. The first-order valence-electron chi connectivity index (χ1n) is 5.18. The molecule has 1 heterocycles. The minimum Gasteiger partial charge on any atom is -0.409 e. The van der Waals surface area contributed by atoms with Gasteiger partial charge in [0.25, 0.3) is 0 Å². The van der Waals surface area contributed by atoms with Crippen LogP contribution < -0.4 is 10.1 Å². The molecular weight excluding hydrogens is 192 g/mol. The van der Waals surface area contributed by atoms with E-state index in [9.17, 15) is 4.79 Å². The summed E-state index contributed by atoms with van der Waals surface area (Å²) in [5, 5.41) is 2.68. The van der Waals surface area contributed by atoms with Crippen LogP contribution >= 0.6 is 0 Å². The molecule has 0 aliphatic heterocycles. The molecule has 4 nitrogen and oxygen atoms in total. The molecule has 0 aliphatic rings. The predicted molar refractivity (Wildman–Crippen MR) is 57.8 cm³/mol. The Bertz CT molecular complexity index is 288. The van der Waals surface area contributed by atoms with E-state index in [4.69, 9.17) is 4.74 Å². The maximum Gasteiger partial charge on any atom is 0.412 e. The second kappa shape index (κ2) is 6.81. The maximum atomic E-state index is 11.2. The largest absolute Gasteiger partial charge is 0.412 e. The molecule has 1 rings (SSSR count). The zero-order valence-electron chi connectivity index (χ0n) is 8.90. The van der Waals surface area contributed by atoms with Crippen molar-refractivity contribution in [3.05, 3.63) is 24.5 Å². The van der Waals surface area contributed by atoms with Crippen molar-refractivity contribution in [1.82, 2.24) is 10.3 Å². The minimum absolute atomic E-state index is 0.417. The normalized spacial score (nSPS) is 9.67. The monoisotopic (exact) mass is 208 g/mol. The lowest BCUT2D eigenvalue weighted by molar-refractivity contribution is 0.200. The number of nitrogens with zero attached hydrogens (tertiary/aromatic N) is 1. The highest BCUT2D eigenvalue weighted by Crippen LogP contribution is 2.05. The molecule has 15 heavy (non-hydrogen) atoms. The average molecular weight is 208 g/mol. The van der Waals surface area contributed by atoms with Crippen LogP contribution in [0.4, 0.5) is 4.79 Å². The van der Waals surface area contributed by atoms with Crippen molar-refractivity contribution in [1.29, 1.82) is 0 Å². The number of nitrogens with one attached hydrogen (secondary N) is 1. The number of unbranched alkanes of at least 4 members (excludes halogenated alkanes) is 2. The summed E-state index contributed by atoms with van der Waals surface area (Å²) in [6.45, 7) is 2.78. The summed E-state index contributed by atoms with van der Waals surface area (Å²) in [5.41, 5.74) is 0. The molecule has 0 atom stereocenters. The second-order valence-corrected chi connectivity index (χ2v) is 3.21. The topological polar surface area (TPSA) is 51.2 Å². The van der Waals surface area contributed by atoms with Gasteiger partial charge in [-0.3, -0.25) is 4.98 Å². The molecule has 0 fully saturated rings. The minimum atomic E-state index is -0.417. The van der Waals surface area contributed by atoms with Gasteiger partial charge >= 0.3 is 6.09 Å². The van der Waals surface area contributed by atoms with E-state index < -0.39 is 6.09 Å². The number of pyridine rings is 1. The van der Waals surface area contributed by atoms with Crippen molar-refractivity contribution in [2.24, 2.45) is 0 Å². The highest BCUT2D eigenvalue weighted by Gasteiger charge is 2.02.